The molecule has 0 saturated carbocycles. The minimum atomic E-state index is -0.612. The van der Waals surface area contributed by atoms with Crippen molar-refractivity contribution >= 4 is 11.7 Å². The molecule has 1 aliphatic rings. The zero-order valence-corrected chi connectivity index (χ0v) is 9.59. The highest BCUT2D eigenvalue weighted by Crippen LogP contribution is 2.37. The molecule has 7 nitrogen and oxygen atoms in total. The summed E-state index contributed by atoms with van der Waals surface area (Å²) in [5.74, 6) is -1.60. The molecule has 1 saturated heterocycles. The highest BCUT2D eigenvalue weighted by Gasteiger charge is 2.17. The number of rotatable bonds is 1. The Morgan fingerprint density at radius 3 is 2.28 bits per heavy atom. The lowest BCUT2D eigenvalue weighted by atomic mass is 10.2. The lowest BCUT2D eigenvalue weighted by Crippen LogP contribution is -2.43. The molecule has 0 bridgehead atoms. The van der Waals surface area contributed by atoms with Gasteiger partial charge in [0.05, 0.1) is 18.9 Å². The van der Waals surface area contributed by atoms with Crippen molar-refractivity contribution in [2.24, 2.45) is 0 Å². The molecule has 18 heavy (non-hydrogen) atoms. The Morgan fingerprint density at radius 1 is 1.17 bits per heavy atom. The summed E-state index contributed by atoms with van der Waals surface area (Å²) in [5, 5.41) is 30.3. The highest BCUT2D eigenvalue weighted by atomic mass is 16.5. The van der Waals surface area contributed by atoms with Crippen LogP contribution in [0.5, 0.6) is 17.2 Å². The number of carbonyl (C=O) groups is 1. The number of hydrogen-bond donors (Lipinski definition) is 4. The van der Waals surface area contributed by atoms with Crippen LogP contribution in [0.15, 0.2) is 12.1 Å². The molecule has 0 unspecified atom stereocenters. The molecular formula is C11H14N2O5. The fraction of sp³-hybridized carbons (Fsp3) is 0.364. The predicted octanol–water partition coefficient (Wildman–Crippen LogP) is 0.667. The van der Waals surface area contributed by atoms with Crippen molar-refractivity contribution in [3.63, 3.8) is 0 Å². The Balaban J connectivity index is 2.06. The van der Waals surface area contributed by atoms with Gasteiger partial charge < -0.3 is 30.3 Å². The van der Waals surface area contributed by atoms with Gasteiger partial charge in [-0.1, -0.05) is 0 Å². The van der Waals surface area contributed by atoms with Crippen LogP contribution in [0.4, 0.5) is 10.5 Å². The van der Waals surface area contributed by atoms with Gasteiger partial charge in [-0.05, 0) is 0 Å². The van der Waals surface area contributed by atoms with E-state index >= 15 is 0 Å². The first kappa shape index (κ1) is 12.3. The molecule has 1 aliphatic heterocycles. The molecule has 1 aromatic carbocycles. The van der Waals surface area contributed by atoms with Crippen molar-refractivity contribution in [1.29, 1.82) is 0 Å². The van der Waals surface area contributed by atoms with Crippen molar-refractivity contribution in [3.05, 3.63) is 12.1 Å². The maximum absolute atomic E-state index is 11.8. The first-order valence-corrected chi connectivity index (χ1v) is 5.46. The summed E-state index contributed by atoms with van der Waals surface area (Å²) in [6, 6.07) is 1.98. The normalized spacial score (nSPS) is 15.4. The van der Waals surface area contributed by atoms with Gasteiger partial charge in [0.2, 0.25) is 0 Å². The van der Waals surface area contributed by atoms with Crippen LogP contribution in [0.25, 0.3) is 0 Å². The van der Waals surface area contributed by atoms with Crippen LogP contribution in [0.3, 0.4) is 0 Å². The molecule has 0 aromatic heterocycles. The van der Waals surface area contributed by atoms with E-state index in [0.717, 1.165) is 12.1 Å². The smallest absolute Gasteiger partial charge is 0.322 e. The summed E-state index contributed by atoms with van der Waals surface area (Å²) in [6.45, 7) is 1.95. The van der Waals surface area contributed by atoms with Crippen LogP contribution in [-0.2, 0) is 4.74 Å². The summed E-state index contributed by atoms with van der Waals surface area (Å²) in [7, 11) is 0. The first-order valence-electron chi connectivity index (χ1n) is 5.46. The molecule has 2 amide bonds. The maximum Gasteiger partial charge on any atom is 0.322 e. The molecule has 1 aromatic rings. The van der Waals surface area contributed by atoms with E-state index in [1.54, 1.807) is 4.90 Å². The van der Waals surface area contributed by atoms with Crippen molar-refractivity contribution in [1.82, 2.24) is 4.90 Å². The third-order valence-electron chi connectivity index (χ3n) is 2.62. The number of anilines is 1. The number of phenols is 3. The SMILES string of the molecule is O=C(Nc1cc(O)c(O)c(O)c1)N1CCOCC1. The number of nitrogens with one attached hydrogen (secondary N) is 1. The van der Waals surface area contributed by atoms with E-state index in [9.17, 15) is 20.1 Å². The van der Waals surface area contributed by atoms with E-state index in [1.165, 1.54) is 0 Å². The fourth-order valence-electron chi connectivity index (χ4n) is 1.65. The number of nitrogens with zero attached hydrogens (tertiary/aromatic N) is 1. The Kier molecular flexibility index (Phi) is 3.42. The number of carbonyl (C=O) groups excluding carboxylic acids is 1. The van der Waals surface area contributed by atoms with Gasteiger partial charge in [-0.3, -0.25) is 0 Å². The molecule has 0 aliphatic carbocycles. The third-order valence-corrected chi connectivity index (χ3v) is 2.62. The lowest BCUT2D eigenvalue weighted by molar-refractivity contribution is 0.0564. The summed E-state index contributed by atoms with van der Waals surface area (Å²) < 4.78 is 5.12. The van der Waals surface area contributed by atoms with E-state index in [4.69, 9.17) is 4.74 Å². The van der Waals surface area contributed by atoms with Crippen molar-refractivity contribution in [2.45, 2.75) is 0 Å². The number of aromatic hydroxyl groups is 3. The standard InChI is InChI=1S/C11H14N2O5/c14-8-5-7(6-9(15)10(8)16)12-11(17)13-1-3-18-4-2-13/h5-6,14-16H,1-4H2,(H,12,17). The maximum atomic E-state index is 11.8. The Hall–Kier alpha value is -2.15. The van der Waals surface area contributed by atoms with E-state index in [1.807, 2.05) is 0 Å². The van der Waals surface area contributed by atoms with Gasteiger partial charge in [0.1, 0.15) is 0 Å². The molecular weight excluding hydrogens is 240 g/mol. The zero-order valence-electron chi connectivity index (χ0n) is 9.59. The highest BCUT2D eigenvalue weighted by molar-refractivity contribution is 5.90. The lowest BCUT2D eigenvalue weighted by Gasteiger charge is -2.26. The van der Waals surface area contributed by atoms with Crippen LogP contribution in [0.1, 0.15) is 0 Å². The Morgan fingerprint density at radius 2 is 1.72 bits per heavy atom. The molecule has 2 rings (SSSR count). The minimum absolute atomic E-state index is 0.208. The summed E-state index contributed by atoms with van der Waals surface area (Å²) >= 11 is 0. The van der Waals surface area contributed by atoms with Gasteiger partial charge >= 0.3 is 6.03 Å². The molecule has 7 heteroatoms. The van der Waals surface area contributed by atoms with Gasteiger partial charge in [0, 0.05) is 25.2 Å². The van der Waals surface area contributed by atoms with Gasteiger partial charge in [-0.2, -0.15) is 0 Å². The van der Waals surface area contributed by atoms with Gasteiger partial charge in [0.15, 0.2) is 17.2 Å². The van der Waals surface area contributed by atoms with Crippen LogP contribution in [0, 0.1) is 0 Å². The topological polar surface area (TPSA) is 102 Å². The zero-order chi connectivity index (χ0) is 13.1. The Bertz CT molecular complexity index is 434. The van der Waals surface area contributed by atoms with Crippen LogP contribution < -0.4 is 5.32 Å². The molecule has 0 atom stereocenters. The van der Waals surface area contributed by atoms with E-state index in [2.05, 4.69) is 5.32 Å². The third kappa shape index (κ3) is 2.57. The van der Waals surface area contributed by atoms with Crippen LogP contribution in [0.2, 0.25) is 0 Å². The monoisotopic (exact) mass is 254 g/mol. The number of morpholine rings is 1. The number of benzene rings is 1. The molecule has 4 N–H and O–H groups in total. The van der Waals surface area contributed by atoms with E-state index in [0.29, 0.717) is 26.3 Å². The van der Waals surface area contributed by atoms with Crippen molar-refractivity contribution in [3.8, 4) is 17.2 Å². The number of phenolic OH excluding ortho intramolecular Hbond substituents is 3. The van der Waals surface area contributed by atoms with Gasteiger partial charge in [0.25, 0.3) is 0 Å². The summed E-state index contributed by atoms with van der Waals surface area (Å²) in [5.41, 5.74) is 0.208. The number of urea groups is 1. The average molecular weight is 254 g/mol. The van der Waals surface area contributed by atoms with Gasteiger partial charge in [-0.25, -0.2) is 4.79 Å². The molecule has 1 fully saturated rings. The first-order chi connectivity index (χ1) is 8.58. The van der Waals surface area contributed by atoms with E-state index < -0.39 is 17.2 Å². The molecule has 0 spiro atoms. The minimum Gasteiger partial charge on any atom is -0.504 e. The van der Waals surface area contributed by atoms with Gasteiger partial charge in [-0.15, -0.1) is 0 Å². The van der Waals surface area contributed by atoms with E-state index in [-0.39, 0.29) is 11.7 Å². The average Bonchev–Trinajstić information content (AvgIpc) is 2.37. The molecule has 98 valence electrons. The second kappa shape index (κ2) is 5.01. The Labute approximate surface area is 103 Å². The second-order valence-electron chi connectivity index (χ2n) is 3.89. The predicted molar refractivity (Wildman–Crippen MR) is 62.8 cm³/mol. The summed E-state index contributed by atoms with van der Waals surface area (Å²) in [6.07, 6.45) is 0. The summed E-state index contributed by atoms with van der Waals surface area (Å²) in [4.78, 5) is 13.4. The second-order valence-corrected chi connectivity index (χ2v) is 3.89. The number of amides is 2. The van der Waals surface area contributed by atoms with Crippen LogP contribution >= 0.6 is 0 Å². The molecule has 0 radical (unpaired) electrons. The fourth-order valence-corrected chi connectivity index (χ4v) is 1.65. The number of hydrogen-bond acceptors (Lipinski definition) is 5. The number of ether oxygens (including phenoxy) is 1. The van der Waals surface area contributed by atoms with Crippen molar-refractivity contribution < 1.29 is 24.9 Å². The van der Waals surface area contributed by atoms with Crippen molar-refractivity contribution in [2.75, 3.05) is 31.6 Å². The largest absolute Gasteiger partial charge is 0.504 e. The molecule has 1 heterocycles. The quantitative estimate of drug-likeness (QED) is 0.435. The van der Waals surface area contributed by atoms with Crippen LogP contribution in [-0.4, -0.2) is 52.6 Å².